The molecule has 0 aliphatic carbocycles. The quantitative estimate of drug-likeness (QED) is 0.551. The molecule has 0 N–H and O–H groups in total. The number of nitrogens with zero attached hydrogens (tertiary/aromatic N) is 1. The first-order valence-electron chi connectivity index (χ1n) is 4.08. The SMILES string of the molecule is C=CC(=O)N1CCC1(C)CC. The van der Waals surface area contributed by atoms with Crippen LogP contribution in [-0.2, 0) is 4.79 Å². The molecule has 1 unspecified atom stereocenters. The molecule has 0 radical (unpaired) electrons. The Balaban J connectivity index is 2.62. The lowest BCUT2D eigenvalue weighted by atomic mass is 9.84. The lowest BCUT2D eigenvalue weighted by Gasteiger charge is -2.50. The van der Waals surface area contributed by atoms with Crippen LogP contribution in [0.1, 0.15) is 26.7 Å². The number of hydrogen-bond acceptors (Lipinski definition) is 1. The molecule has 62 valence electrons. The maximum atomic E-state index is 11.2. The van der Waals surface area contributed by atoms with E-state index in [0.29, 0.717) is 0 Å². The highest BCUT2D eigenvalue weighted by molar-refractivity contribution is 5.88. The highest BCUT2D eigenvalue weighted by atomic mass is 16.2. The van der Waals surface area contributed by atoms with E-state index in [2.05, 4.69) is 20.4 Å². The summed E-state index contributed by atoms with van der Waals surface area (Å²) >= 11 is 0. The van der Waals surface area contributed by atoms with Crippen molar-refractivity contribution in [3.05, 3.63) is 12.7 Å². The average molecular weight is 153 g/mol. The highest BCUT2D eigenvalue weighted by Gasteiger charge is 2.40. The standard InChI is InChI=1S/C9H15NO/c1-4-8(11)10-7-6-9(10,3)5-2/h4H,1,5-7H2,2-3H3. The predicted octanol–water partition coefficient (Wildman–Crippen LogP) is 1.57. The fourth-order valence-corrected chi connectivity index (χ4v) is 1.46. The van der Waals surface area contributed by atoms with Crippen molar-refractivity contribution in [2.45, 2.75) is 32.2 Å². The molecule has 1 saturated heterocycles. The van der Waals surface area contributed by atoms with Crippen LogP contribution in [0.5, 0.6) is 0 Å². The Morgan fingerprint density at radius 3 is 2.73 bits per heavy atom. The van der Waals surface area contributed by atoms with Crippen LogP contribution in [-0.4, -0.2) is 22.9 Å². The van der Waals surface area contributed by atoms with Gasteiger partial charge < -0.3 is 4.90 Å². The summed E-state index contributed by atoms with van der Waals surface area (Å²) in [4.78, 5) is 13.1. The Labute approximate surface area is 67.9 Å². The second-order valence-corrected chi connectivity index (χ2v) is 3.29. The molecule has 2 heteroatoms. The third-order valence-electron chi connectivity index (χ3n) is 2.73. The van der Waals surface area contributed by atoms with Crippen molar-refractivity contribution in [3.8, 4) is 0 Å². The number of carbonyl (C=O) groups excluding carboxylic acids is 1. The van der Waals surface area contributed by atoms with Gasteiger partial charge in [0.15, 0.2) is 0 Å². The molecule has 1 amide bonds. The van der Waals surface area contributed by atoms with E-state index in [0.717, 1.165) is 19.4 Å². The Bertz CT molecular complexity index is 184. The van der Waals surface area contributed by atoms with Gasteiger partial charge in [0, 0.05) is 12.1 Å². The van der Waals surface area contributed by atoms with Gasteiger partial charge in [0.2, 0.25) is 5.91 Å². The van der Waals surface area contributed by atoms with Gasteiger partial charge >= 0.3 is 0 Å². The maximum absolute atomic E-state index is 11.2. The zero-order valence-corrected chi connectivity index (χ0v) is 7.26. The summed E-state index contributed by atoms with van der Waals surface area (Å²) in [6.45, 7) is 8.61. The van der Waals surface area contributed by atoms with E-state index in [4.69, 9.17) is 0 Å². The van der Waals surface area contributed by atoms with Crippen molar-refractivity contribution in [2.24, 2.45) is 0 Å². The summed E-state index contributed by atoms with van der Waals surface area (Å²) in [6, 6.07) is 0. The first-order chi connectivity index (χ1) is 5.14. The zero-order valence-electron chi connectivity index (χ0n) is 7.26. The molecule has 1 heterocycles. The normalized spacial score (nSPS) is 29.5. The fraction of sp³-hybridized carbons (Fsp3) is 0.667. The van der Waals surface area contributed by atoms with Gasteiger partial charge in [-0.05, 0) is 25.8 Å². The van der Waals surface area contributed by atoms with Gasteiger partial charge in [0.1, 0.15) is 0 Å². The summed E-state index contributed by atoms with van der Waals surface area (Å²) in [5, 5.41) is 0. The summed E-state index contributed by atoms with van der Waals surface area (Å²) in [7, 11) is 0. The molecule has 0 saturated carbocycles. The van der Waals surface area contributed by atoms with Gasteiger partial charge in [-0.3, -0.25) is 4.79 Å². The molecule has 1 fully saturated rings. The molecular formula is C9H15NO. The molecule has 0 spiro atoms. The number of hydrogen-bond donors (Lipinski definition) is 0. The van der Waals surface area contributed by atoms with E-state index in [9.17, 15) is 4.79 Å². The molecular weight excluding hydrogens is 138 g/mol. The van der Waals surface area contributed by atoms with Crippen LogP contribution in [0, 0.1) is 0 Å². The topological polar surface area (TPSA) is 20.3 Å². The number of carbonyl (C=O) groups is 1. The second-order valence-electron chi connectivity index (χ2n) is 3.29. The summed E-state index contributed by atoms with van der Waals surface area (Å²) in [6.07, 6.45) is 3.56. The number of rotatable bonds is 2. The Hall–Kier alpha value is -0.790. The van der Waals surface area contributed by atoms with E-state index < -0.39 is 0 Å². The van der Waals surface area contributed by atoms with Crippen LogP contribution < -0.4 is 0 Å². The van der Waals surface area contributed by atoms with Crippen LogP contribution in [0.25, 0.3) is 0 Å². The molecule has 1 rings (SSSR count). The van der Waals surface area contributed by atoms with Crippen LogP contribution in [0.2, 0.25) is 0 Å². The van der Waals surface area contributed by atoms with Crippen LogP contribution >= 0.6 is 0 Å². The minimum absolute atomic E-state index is 0.0700. The van der Waals surface area contributed by atoms with Crippen molar-refractivity contribution >= 4 is 5.91 Å². The van der Waals surface area contributed by atoms with Gasteiger partial charge in [-0.25, -0.2) is 0 Å². The monoisotopic (exact) mass is 153 g/mol. The zero-order chi connectivity index (χ0) is 8.48. The maximum Gasteiger partial charge on any atom is 0.246 e. The highest BCUT2D eigenvalue weighted by Crippen LogP contribution is 2.32. The van der Waals surface area contributed by atoms with Gasteiger partial charge in [-0.1, -0.05) is 13.5 Å². The lowest BCUT2D eigenvalue weighted by Crippen LogP contribution is -2.59. The van der Waals surface area contributed by atoms with Crippen molar-refractivity contribution < 1.29 is 4.79 Å². The Morgan fingerprint density at radius 1 is 1.82 bits per heavy atom. The van der Waals surface area contributed by atoms with E-state index in [-0.39, 0.29) is 11.4 Å². The van der Waals surface area contributed by atoms with Crippen molar-refractivity contribution in [3.63, 3.8) is 0 Å². The van der Waals surface area contributed by atoms with Gasteiger partial charge in [-0.15, -0.1) is 0 Å². The molecule has 0 aromatic carbocycles. The van der Waals surface area contributed by atoms with Gasteiger partial charge in [0.05, 0.1) is 0 Å². The third kappa shape index (κ3) is 1.17. The van der Waals surface area contributed by atoms with E-state index in [1.807, 2.05) is 4.90 Å². The first-order valence-corrected chi connectivity index (χ1v) is 4.08. The molecule has 11 heavy (non-hydrogen) atoms. The molecule has 0 bridgehead atoms. The predicted molar refractivity (Wildman–Crippen MR) is 45.2 cm³/mol. The average Bonchev–Trinajstić information content (AvgIpc) is 2.01. The van der Waals surface area contributed by atoms with Crippen LogP contribution in [0.3, 0.4) is 0 Å². The first kappa shape index (κ1) is 8.31. The van der Waals surface area contributed by atoms with Crippen molar-refractivity contribution in [1.29, 1.82) is 0 Å². The van der Waals surface area contributed by atoms with E-state index >= 15 is 0 Å². The molecule has 0 aromatic rings. The summed E-state index contributed by atoms with van der Waals surface area (Å²) in [5.74, 6) is 0.0700. The van der Waals surface area contributed by atoms with Crippen molar-refractivity contribution in [1.82, 2.24) is 4.90 Å². The molecule has 1 aliphatic rings. The fourth-order valence-electron chi connectivity index (χ4n) is 1.46. The number of amides is 1. The largest absolute Gasteiger partial charge is 0.334 e. The Kier molecular flexibility index (Phi) is 2.03. The minimum atomic E-state index is 0.0700. The molecule has 1 aliphatic heterocycles. The van der Waals surface area contributed by atoms with Crippen molar-refractivity contribution in [2.75, 3.05) is 6.54 Å². The third-order valence-corrected chi connectivity index (χ3v) is 2.73. The minimum Gasteiger partial charge on any atom is -0.334 e. The second kappa shape index (κ2) is 2.68. The van der Waals surface area contributed by atoms with Crippen LogP contribution in [0.4, 0.5) is 0 Å². The molecule has 2 nitrogen and oxygen atoms in total. The summed E-state index contributed by atoms with van der Waals surface area (Å²) in [5.41, 5.74) is 0.116. The summed E-state index contributed by atoms with van der Waals surface area (Å²) < 4.78 is 0. The van der Waals surface area contributed by atoms with E-state index in [1.165, 1.54) is 6.08 Å². The Morgan fingerprint density at radius 2 is 2.45 bits per heavy atom. The molecule has 1 atom stereocenters. The number of likely N-dealkylation sites (tertiary alicyclic amines) is 1. The van der Waals surface area contributed by atoms with Crippen LogP contribution in [0.15, 0.2) is 12.7 Å². The van der Waals surface area contributed by atoms with E-state index in [1.54, 1.807) is 0 Å². The molecule has 0 aromatic heterocycles. The van der Waals surface area contributed by atoms with Gasteiger partial charge in [-0.2, -0.15) is 0 Å². The van der Waals surface area contributed by atoms with Gasteiger partial charge in [0.25, 0.3) is 0 Å². The lowest BCUT2D eigenvalue weighted by molar-refractivity contribution is -0.140. The smallest absolute Gasteiger partial charge is 0.246 e.